The predicted molar refractivity (Wildman–Crippen MR) is 82.0 cm³/mol. The molecule has 1 fully saturated rings. The highest BCUT2D eigenvalue weighted by Gasteiger charge is 2.26. The van der Waals surface area contributed by atoms with Gasteiger partial charge < -0.3 is 10.0 Å². The Morgan fingerprint density at radius 3 is 2.80 bits per heavy atom. The number of piperazine rings is 1. The number of rotatable bonds is 5. The number of carbonyl (C=O) groups is 1. The summed E-state index contributed by atoms with van der Waals surface area (Å²) in [7, 11) is 2.15. The van der Waals surface area contributed by atoms with Crippen molar-refractivity contribution in [1.82, 2.24) is 9.88 Å². The third-order valence-corrected chi connectivity index (χ3v) is 5.03. The fraction of sp³-hybridized carbons (Fsp3) is 0.714. The van der Waals surface area contributed by atoms with Gasteiger partial charge in [-0.1, -0.05) is 31.6 Å². The monoisotopic (exact) mass is 297 g/mol. The smallest absolute Gasteiger partial charge is 0.347 e. The molecule has 1 atom stereocenters. The Bertz CT molecular complexity index is 475. The van der Waals surface area contributed by atoms with Gasteiger partial charge in [0.15, 0.2) is 5.13 Å². The van der Waals surface area contributed by atoms with E-state index in [0.29, 0.717) is 10.9 Å². The van der Waals surface area contributed by atoms with Crippen LogP contribution in [-0.2, 0) is 6.42 Å². The molecule has 1 aliphatic rings. The molecule has 0 saturated carbocycles. The van der Waals surface area contributed by atoms with Gasteiger partial charge in [0.05, 0.1) is 5.69 Å². The molecule has 0 aliphatic carbocycles. The summed E-state index contributed by atoms with van der Waals surface area (Å²) in [4.78, 5) is 20.9. The number of anilines is 1. The van der Waals surface area contributed by atoms with Crippen LogP contribution in [-0.4, -0.2) is 53.7 Å². The van der Waals surface area contributed by atoms with Gasteiger partial charge in [-0.05, 0) is 19.9 Å². The molecule has 1 N–H and O–H groups in total. The third-order valence-electron chi connectivity index (χ3n) is 3.89. The molecule has 2 rings (SSSR count). The summed E-state index contributed by atoms with van der Waals surface area (Å²) in [6.07, 6.45) is 2.76. The van der Waals surface area contributed by atoms with Crippen LogP contribution in [0.5, 0.6) is 0 Å². The van der Waals surface area contributed by atoms with Crippen molar-refractivity contribution in [3.8, 4) is 0 Å². The lowest BCUT2D eigenvalue weighted by Gasteiger charge is -2.39. The van der Waals surface area contributed by atoms with Crippen molar-refractivity contribution in [3.05, 3.63) is 10.6 Å². The van der Waals surface area contributed by atoms with E-state index in [-0.39, 0.29) is 0 Å². The highest BCUT2D eigenvalue weighted by Crippen LogP contribution is 2.29. The zero-order chi connectivity index (χ0) is 14.7. The van der Waals surface area contributed by atoms with E-state index in [2.05, 4.69) is 28.8 Å². The first-order valence-electron chi connectivity index (χ1n) is 7.25. The van der Waals surface area contributed by atoms with Gasteiger partial charge >= 0.3 is 5.97 Å². The number of aromatic nitrogens is 1. The summed E-state index contributed by atoms with van der Waals surface area (Å²) < 4.78 is 0. The maximum absolute atomic E-state index is 11.3. The first-order valence-corrected chi connectivity index (χ1v) is 8.06. The second-order valence-corrected chi connectivity index (χ2v) is 6.29. The first kappa shape index (κ1) is 15.3. The highest BCUT2D eigenvalue weighted by molar-refractivity contribution is 7.17. The molecular weight excluding hydrogens is 274 g/mol. The quantitative estimate of drug-likeness (QED) is 0.904. The van der Waals surface area contributed by atoms with E-state index in [1.54, 1.807) is 0 Å². The Kier molecular flexibility index (Phi) is 4.99. The van der Waals surface area contributed by atoms with E-state index >= 15 is 0 Å². The Morgan fingerprint density at radius 1 is 1.45 bits per heavy atom. The first-order chi connectivity index (χ1) is 9.56. The van der Waals surface area contributed by atoms with Crippen LogP contribution in [0.3, 0.4) is 0 Å². The van der Waals surface area contributed by atoms with Crippen LogP contribution in [0.15, 0.2) is 0 Å². The van der Waals surface area contributed by atoms with Crippen molar-refractivity contribution in [1.29, 1.82) is 0 Å². The van der Waals surface area contributed by atoms with Crippen LogP contribution in [0.4, 0.5) is 5.13 Å². The van der Waals surface area contributed by atoms with Gasteiger partial charge in [-0.3, -0.25) is 4.90 Å². The van der Waals surface area contributed by atoms with E-state index < -0.39 is 5.97 Å². The predicted octanol–water partition coefficient (Wildman–Crippen LogP) is 2.32. The Labute approximate surface area is 124 Å². The van der Waals surface area contributed by atoms with E-state index in [1.807, 2.05) is 6.92 Å². The van der Waals surface area contributed by atoms with Crippen LogP contribution in [0, 0.1) is 0 Å². The topological polar surface area (TPSA) is 56.7 Å². The minimum Gasteiger partial charge on any atom is -0.477 e. The van der Waals surface area contributed by atoms with E-state index in [0.717, 1.165) is 49.7 Å². The molecule has 0 spiro atoms. The van der Waals surface area contributed by atoms with Crippen molar-refractivity contribution in [2.45, 2.75) is 39.2 Å². The number of aryl methyl sites for hydroxylation is 1. The average molecular weight is 297 g/mol. The summed E-state index contributed by atoms with van der Waals surface area (Å²) in [5.41, 5.74) is 0.743. The normalized spacial score (nSPS) is 20.4. The van der Waals surface area contributed by atoms with Gasteiger partial charge in [0, 0.05) is 25.7 Å². The van der Waals surface area contributed by atoms with Gasteiger partial charge in [0.25, 0.3) is 0 Å². The molecule has 1 aromatic rings. The fourth-order valence-corrected chi connectivity index (χ4v) is 3.59. The molecule has 6 heteroatoms. The van der Waals surface area contributed by atoms with E-state index in [1.165, 1.54) is 11.3 Å². The van der Waals surface area contributed by atoms with Gasteiger partial charge in [-0.25, -0.2) is 9.78 Å². The molecule has 1 aromatic heterocycles. The minimum atomic E-state index is -0.849. The maximum atomic E-state index is 11.3. The molecule has 1 unspecified atom stereocenters. The fourth-order valence-electron chi connectivity index (χ4n) is 2.61. The van der Waals surface area contributed by atoms with Crippen LogP contribution >= 0.6 is 11.3 Å². The molecule has 5 nitrogen and oxygen atoms in total. The zero-order valence-corrected chi connectivity index (χ0v) is 13.2. The number of aromatic carboxylic acids is 1. The van der Waals surface area contributed by atoms with E-state index in [9.17, 15) is 9.90 Å². The van der Waals surface area contributed by atoms with Crippen molar-refractivity contribution in [2.75, 3.05) is 31.6 Å². The van der Waals surface area contributed by atoms with Crippen LogP contribution in [0.2, 0.25) is 0 Å². The van der Waals surface area contributed by atoms with Crippen LogP contribution in [0.1, 0.15) is 42.1 Å². The van der Waals surface area contributed by atoms with Crippen LogP contribution in [0.25, 0.3) is 0 Å². The van der Waals surface area contributed by atoms with Crippen molar-refractivity contribution < 1.29 is 9.90 Å². The lowest BCUT2D eigenvalue weighted by Crippen LogP contribution is -2.51. The number of carboxylic acid groups (broad SMARTS) is 1. The molecule has 0 bridgehead atoms. The summed E-state index contributed by atoms with van der Waals surface area (Å²) in [5, 5.41) is 10.2. The van der Waals surface area contributed by atoms with Gasteiger partial charge in [-0.2, -0.15) is 0 Å². The van der Waals surface area contributed by atoms with Crippen molar-refractivity contribution in [3.63, 3.8) is 0 Å². The number of thiazole rings is 1. The molecule has 1 saturated heterocycles. The molecule has 20 heavy (non-hydrogen) atoms. The summed E-state index contributed by atoms with van der Waals surface area (Å²) in [6.45, 7) is 7.10. The minimum absolute atomic E-state index is 0.411. The number of likely N-dealkylation sites (N-methyl/N-ethyl adjacent to an activating group) is 1. The molecule has 112 valence electrons. The number of hydrogen-bond acceptors (Lipinski definition) is 5. The second-order valence-electron chi connectivity index (χ2n) is 5.32. The maximum Gasteiger partial charge on any atom is 0.347 e. The average Bonchev–Trinajstić information content (AvgIpc) is 2.84. The summed E-state index contributed by atoms with van der Waals surface area (Å²) >= 11 is 1.32. The van der Waals surface area contributed by atoms with Gasteiger partial charge in [-0.15, -0.1) is 0 Å². The summed E-state index contributed by atoms with van der Waals surface area (Å²) in [6, 6.07) is 0.524. The van der Waals surface area contributed by atoms with Gasteiger partial charge in [0.1, 0.15) is 4.88 Å². The molecule has 0 radical (unpaired) electrons. The van der Waals surface area contributed by atoms with Crippen LogP contribution < -0.4 is 4.90 Å². The Morgan fingerprint density at radius 2 is 2.20 bits per heavy atom. The zero-order valence-electron chi connectivity index (χ0n) is 12.4. The molecule has 0 amide bonds. The SMILES string of the molecule is CCCc1nc(N2CCN(C)C(CC)C2)sc1C(=O)O. The Balaban J connectivity index is 2.20. The summed E-state index contributed by atoms with van der Waals surface area (Å²) in [5.74, 6) is -0.849. The molecule has 1 aliphatic heterocycles. The molecular formula is C14H23N3O2S. The Hall–Kier alpha value is -1.14. The van der Waals surface area contributed by atoms with Crippen molar-refractivity contribution >= 4 is 22.4 Å². The highest BCUT2D eigenvalue weighted by atomic mass is 32.1. The largest absolute Gasteiger partial charge is 0.477 e. The third kappa shape index (κ3) is 3.12. The van der Waals surface area contributed by atoms with E-state index in [4.69, 9.17) is 0 Å². The molecule has 2 heterocycles. The molecule has 0 aromatic carbocycles. The lowest BCUT2D eigenvalue weighted by molar-refractivity contribution is 0.0700. The standard InChI is InChI=1S/C14H23N3O2S/c1-4-6-11-12(13(18)19)20-14(15-11)17-8-7-16(3)10(5-2)9-17/h10H,4-9H2,1-3H3,(H,18,19). The van der Waals surface area contributed by atoms with Crippen molar-refractivity contribution in [2.24, 2.45) is 0 Å². The second kappa shape index (κ2) is 6.54. The number of carboxylic acids is 1. The number of nitrogens with zero attached hydrogens (tertiary/aromatic N) is 3. The van der Waals surface area contributed by atoms with Gasteiger partial charge in [0.2, 0.25) is 0 Å². The lowest BCUT2D eigenvalue weighted by atomic mass is 10.1. The number of hydrogen-bond donors (Lipinski definition) is 1.